The van der Waals surface area contributed by atoms with Crippen LogP contribution in [0, 0.1) is 0 Å². The van der Waals surface area contributed by atoms with Gasteiger partial charge in [-0.1, -0.05) is 56.7 Å². The minimum absolute atomic E-state index is 0.250. The Kier molecular flexibility index (Phi) is 7.89. The standard InChI is InChI=1S/C19H21N3O2.C3H8/c1-22-17-10-7-15(9-12-19(23)21-24)13-16(17)20-18(22)11-8-14-5-3-2-4-6-14;1-3-2/h2-7,9-10,12-13,18,20,24H,8,11H2,1H3,(H,21,23);3H2,1-2H3/b12-9+;. The fourth-order valence-corrected chi connectivity index (χ4v) is 2.95. The minimum Gasteiger partial charge on any atom is -0.363 e. The maximum Gasteiger partial charge on any atom is 0.267 e. The number of aryl methyl sites for hydroxylation is 1. The van der Waals surface area contributed by atoms with Crippen molar-refractivity contribution in [3.63, 3.8) is 0 Å². The molecule has 5 nitrogen and oxygen atoms in total. The van der Waals surface area contributed by atoms with Crippen LogP contribution in [0.1, 0.15) is 37.8 Å². The highest BCUT2D eigenvalue weighted by Gasteiger charge is 2.25. The third-order valence-corrected chi connectivity index (χ3v) is 4.28. The van der Waals surface area contributed by atoms with Gasteiger partial charge in [0, 0.05) is 13.1 Å². The Hall–Kier alpha value is -2.79. The zero-order chi connectivity index (χ0) is 19.6. The summed E-state index contributed by atoms with van der Waals surface area (Å²) < 4.78 is 0. The lowest BCUT2D eigenvalue weighted by atomic mass is 10.1. The fourth-order valence-electron chi connectivity index (χ4n) is 2.95. The van der Waals surface area contributed by atoms with Gasteiger partial charge < -0.3 is 10.2 Å². The molecule has 3 N–H and O–H groups in total. The average molecular weight is 367 g/mol. The van der Waals surface area contributed by atoms with Gasteiger partial charge in [-0.3, -0.25) is 10.0 Å². The van der Waals surface area contributed by atoms with Gasteiger partial charge in [-0.25, -0.2) is 5.48 Å². The summed E-state index contributed by atoms with van der Waals surface area (Å²) in [6.07, 6.45) is 6.49. The van der Waals surface area contributed by atoms with Crippen molar-refractivity contribution < 1.29 is 10.0 Å². The van der Waals surface area contributed by atoms with Gasteiger partial charge in [0.1, 0.15) is 0 Å². The van der Waals surface area contributed by atoms with E-state index in [-0.39, 0.29) is 6.17 Å². The van der Waals surface area contributed by atoms with Crippen LogP contribution < -0.4 is 15.7 Å². The molecule has 27 heavy (non-hydrogen) atoms. The molecule has 1 amide bonds. The second-order valence-corrected chi connectivity index (χ2v) is 6.59. The van der Waals surface area contributed by atoms with Crippen molar-refractivity contribution in [2.45, 2.75) is 39.3 Å². The van der Waals surface area contributed by atoms with Gasteiger partial charge in [-0.2, -0.15) is 0 Å². The normalized spacial score (nSPS) is 15.0. The first-order valence-corrected chi connectivity index (χ1v) is 9.38. The highest BCUT2D eigenvalue weighted by molar-refractivity contribution is 5.91. The molecule has 2 aromatic carbocycles. The maximum absolute atomic E-state index is 11.1. The van der Waals surface area contributed by atoms with E-state index in [2.05, 4.69) is 55.4 Å². The molecule has 1 unspecified atom stereocenters. The molecule has 1 aliphatic heterocycles. The van der Waals surface area contributed by atoms with E-state index in [0.717, 1.165) is 29.8 Å². The zero-order valence-corrected chi connectivity index (χ0v) is 16.3. The van der Waals surface area contributed by atoms with Gasteiger partial charge in [0.05, 0.1) is 17.5 Å². The van der Waals surface area contributed by atoms with Crippen LogP contribution in [0.25, 0.3) is 6.08 Å². The first-order valence-electron chi connectivity index (χ1n) is 9.38. The summed E-state index contributed by atoms with van der Waals surface area (Å²) in [5, 5.41) is 12.1. The van der Waals surface area contributed by atoms with Crippen LogP contribution in [0.2, 0.25) is 0 Å². The van der Waals surface area contributed by atoms with E-state index in [1.165, 1.54) is 18.1 Å². The lowest BCUT2D eigenvalue weighted by Crippen LogP contribution is -2.32. The highest BCUT2D eigenvalue weighted by Crippen LogP contribution is 2.35. The molecule has 144 valence electrons. The van der Waals surface area contributed by atoms with Crippen molar-refractivity contribution in [1.29, 1.82) is 0 Å². The Balaban J connectivity index is 0.000000817. The van der Waals surface area contributed by atoms with Crippen LogP contribution >= 0.6 is 0 Å². The van der Waals surface area contributed by atoms with Crippen LogP contribution in [0.15, 0.2) is 54.6 Å². The number of hydrogen-bond donors (Lipinski definition) is 3. The summed E-state index contributed by atoms with van der Waals surface area (Å²) in [5.74, 6) is -0.540. The van der Waals surface area contributed by atoms with Gasteiger partial charge in [-0.05, 0) is 42.2 Å². The van der Waals surface area contributed by atoms with Gasteiger partial charge in [0.15, 0.2) is 0 Å². The molecule has 1 heterocycles. The van der Waals surface area contributed by atoms with E-state index in [0.29, 0.717) is 0 Å². The van der Waals surface area contributed by atoms with E-state index in [1.807, 2.05) is 24.3 Å². The predicted molar refractivity (Wildman–Crippen MR) is 112 cm³/mol. The number of nitrogens with one attached hydrogen (secondary N) is 2. The van der Waals surface area contributed by atoms with E-state index >= 15 is 0 Å². The Morgan fingerprint density at radius 3 is 2.59 bits per heavy atom. The topological polar surface area (TPSA) is 64.6 Å². The summed E-state index contributed by atoms with van der Waals surface area (Å²) in [6, 6.07) is 16.5. The molecule has 1 atom stereocenters. The van der Waals surface area contributed by atoms with E-state index in [1.54, 1.807) is 11.6 Å². The summed E-state index contributed by atoms with van der Waals surface area (Å²) in [4.78, 5) is 13.3. The second-order valence-electron chi connectivity index (χ2n) is 6.59. The number of anilines is 2. The van der Waals surface area contributed by atoms with Crippen molar-refractivity contribution in [2.24, 2.45) is 0 Å². The maximum atomic E-state index is 11.1. The largest absolute Gasteiger partial charge is 0.363 e. The molecular weight excluding hydrogens is 338 g/mol. The molecule has 0 fully saturated rings. The van der Waals surface area contributed by atoms with Crippen LogP contribution in [0.3, 0.4) is 0 Å². The smallest absolute Gasteiger partial charge is 0.267 e. The first kappa shape index (κ1) is 20.5. The molecule has 0 aliphatic carbocycles. The molecule has 0 spiro atoms. The highest BCUT2D eigenvalue weighted by atomic mass is 16.5. The quantitative estimate of drug-likeness (QED) is 0.415. The van der Waals surface area contributed by atoms with Crippen molar-refractivity contribution in [2.75, 3.05) is 17.3 Å². The molecule has 0 bridgehead atoms. The van der Waals surface area contributed by atoms with Crippen LogP contribution in [0.5, 0.6) is 0 Å². The molecule has 0 saturated carbocycles. The Morgan fingerprint density at radius 1 is 1.22 bits per heavy atom. The number of benzene rings is 2. The van der Waals surface area contributed by atoms with E-state index in [9.17, 15) is 4.79 Å². The van der Waals surface area contributed by atoms with Crippen molar-refractivity contribution >= 4 is 23.4 Å². The van der Waals surface area contributed by atoms with E-state index in [4.69, 9.17) is 5.21 Å². The second kappa shape index (κ2) is 10.4. The van der Waals surface area contributed by atoms with Crippen LogP contribution in [-0.4, -0.2) is 24.3 Å². The molecule has 0 saturated heterocycles. The van der Waals surface area contributed by atoms with Crippen molar-refractivity contribution in [1.82, 2.24) is 5.48 Å². The molecule has 0 aromatic heterocycles. The van der Waals surface area contributed by atoms with Gasteiger partial charge >= 0.3 is 0 Å². The molecule has 3 rings (SSSR count). The number of nitrogens with zero attached hydrogens (tertiary/aromatic N) is 1. The number of hydrogen-bond acceptors (Lipinski definition) is 4. The zero-order valence-electron chi connectivity index (χ0n) is 16.3. The monoisotopic (exact) mass is 367 g/mol. The van der Waals surface area contributed by atoms with Crippen LogP contribution in [-0.2, 0) is 11.2 Å². The van der Waals surface area contributed by atoms with Gasteiger partial charge in [0.25, 0.3) is 5.91 Å². The minimum atomic E-state index is -0.540. The van der Waals surface area contributed by atoms with E-state index < -0.39 is 5.91 Å². The number of carbonyl (C=O) groups is 1. The molecule has 2 aromatic rings. The molecule has 5 heteroatoms. The first-order chi connectivity index (χ1) is 13.1. The summed E-state index contributed by atoms with van der Waals surface area (Å²) in [7, 11) is 2.09. The summed E-state index contributed by atoms with van der Waals surface area (Å²) in [6.45, 7) is 4.25. The third kappa shape index (κ3) is 5.86. The number of carbonyl (C=O) groups excluding carboxylic acids is 1. The SMILES string of the molecule is CCC.CN1c2ccc(/C=C/C(=O)NO)cc2NC1CCc1ccccc1. The molecule has 0 radical (unpaired) electrons. The number of amides is 1. The summed E-state index contributed by atoms with van der Waals surface area (Å²) >= 11 is 0. The Morgan fingerprint density at radius 2 is 1.93 bits per heavy atom. The molecular formula is C22H29N3O2. The average Bonchev–Trinajstić information content (AvgIpc) is 3.01. The Bertz CT molecular complexity index is 759. The lowest BCUT2D eigenvalue weighted by molar-refractivity contribution is -0.124. The van der Waals surface area contributed by atoms with Crippen molar-refractivity contribution in [3.05, 3.63) is 65.7 Å². The third-order valence-electron chi connectivity index (χ3n) is 4.28. The number of fused-ring (bicyclic) bond motifs is 1. The number of rotatable bonds is 5. The fraction of sp³-hybridized carbons (Fsp3) is 0.318. The predicted octanol–water partition coefficient (Wildman–Crippen LogP) is 4.44. The lowest BCUT2D eigenvalue weighted by Gasteiger charge is -2.22. The Labute approximate surface area is 161 Å². The number of hydroxylamine groups is 1. The van der Waals surface area contributed by atoms with Gasteiger partial charge in [0.2, 0.25) is 0 Å². The summed E-state index contributed by atoms with van der Waals surface area (Å²) in [5.41, 5.74) is 6.03. The van der Waals surface area contributed by atoms with Crippen LogP contribution in [0.4, 0.5) is 11.4 Å². The van der Waals surface area contributed by atoms with Crippen molar-refractivity contribution in [3.8, 4) is 0 Å². The van der Waals surface area contributed by atoms with Gasteiger partial charge in [-0.15, -0.1) is 0 Å². The molecule has 1 aliphatic rings.